The lowest BCUT2D eigenvalue weighted by atomic mass is 10.0. The highest BCUT2D eigenvalue weighted by Gasteiger charge is 2.32. The van der Waals surface area contributed by atoms with Gasteiger partial charge in [0.2, 0.25) is 11.8 Å². The Bertz CT molecular complexity index is 861. The molecule has 2 amide bonds. The molecule has 2 aromatic rings. The number of hydrogen-bond donors (Lipinski definition) is 2. The maximum Gasteiger partial charge on any atom is 0.338 e. The number of anilines is 1. The standard InChI is InChI=1S/C24H28N2O4/c1-2-3-15-30-24(29)19-11-13-20(14-12-19)25-23(28)21(26-22(27)18-9-10-18)16-17-7-5-4-6-8-17/h4-8,11-14,18,21H,2-3,9-10,15-16H2,1H3,(H,25,28)(H,26,27). The highest BCUT2D eigenvalue weighted by molar-refractivity contribution is 5.98. The molecule has 0 radical (unpaired) electrons. The molecule has 0 saturated heterocycles. The number of ether oxygens (including phenoxy) is 1. The molecule has 0 bridgehead atoms. The topological polar surface area (TPSA) is 84.5 Å². The summed E-state index contributed by atoms with van der Waals surface area (Å²) >= 11 is 0. The van der Waals surface area contributed by atoms with Crippen LogP contribution < -0.4 is 10.6 Å². The smallest absolute Gasteiger partial charge is 0.338 e. The van der Waals surface area contributed by atoms with E-state index >= 15 is 0 Å². The second-order valence-electron chi connectivity index (χ2n) is 7.58. The fraction of sp³-hybridized carbons (Fsp3) is 0.375. The van der Waals surface area contributed by atoms with Crippen molar-refractivity contribution in [1.29, 1.82) is 0 Å². The second kappa shape index (κ2) is 10.6. The van der Waals surface area contributed by atoms with Crippen LogP contribution in [0.4, 0.5) is 5.69 Å². The van der Waals surface area contributed by atoms with Crippen LogP contribution in [0, 0.1) is 5.92 Å². The first kappa shape index (κ1) is 21.6. The summed E-state index contributed by atoms with van der Waals surface area (Å²) in [5.41, 5.74) is 1.97. The van der Waals surface area contributed by atoms with E-state index < -0.39 is 6.04 Å². The third-order valence-corrected chi connectivity index (χ3v) is 4.98. The lowest BCUT2D eigenvalue weighted by Crippen LogP contribution is -2.45. The highest BCUT2D eigenvalue weighted by atomic mass is 16.5. The molecule has 1 unspecified atom stereocenters. The van der Waals surface area contributed by atoms with E-state index in [0.29, 0.717) is 24.3 Å². The number of carbonyl (C=O) groups excluding carboxylic acids is 3. The van der Waals surface area contributed by atoms with Gasteiger partial charge in [-0.3, -0.25) is 9.59 Å². The Balaban J connectivity index is 1.62. The monoisotopic (exact) mass is 408 g/mol. The van der Waals surface area contributed by atoms with Crippen LogP contribution in [0.2, 0.25) is 0 Å². The largest absolute Gasteiger partial charge is 0.462 e. The Morgan fingerprint density at radius 3 is 2.37 bits per heavy atom. The highest BCUT2D eigenvalue weighted by Crippen LogP contribution is 2.29. The molecule has 0 spiro atoms. The predicted molar refractivity (Wildman–Crippen MR) is 115 cm³/mol. The van der Waals surface area contributed by atoms with Crippen LogP contribution in [0.3, 0.4) is 0 Å². The molecular weight excluding hydrogens is 380 g/mol. The zero-order chi connectivity index (χ0) is 21.3. The summed E-state index contributed by atoms with van der Waals surface area (Å²) in [5.74, 6) is -0.712. The number of nitrogens with one attached hydrogen (secondary N) is 2. The van der Waals surface area contributed by atoms with Crippen LogP contribution in [0.5, 0.6) is 0 Å². The minimum absolute atomic E-state index is 0.0223. The van der Waals surface area contributed by atoms with Gasteiger partial charge in [-0.15, -0.1) is 0 Å². The molecule has 1 fully saturated rings. The maximum atomic E-state index is 12.9. The fourth-order valence-corrected chi connectivity index (χ4v) is 3.01. The lowest BCUT2D eigenvalue weighted by molar-refractivity contribution is -0.127. The molecule has 0 heterocycles. The number of hydrogen-bond acceptors (Lipinski definition) is 4. The van der Waals surface area contributed by atoms with Crippen molar-refractivity contribution in [2.24, 2.45) is 5.92 Å². The van der Waals surface area contributed by atoms with Gasteiger partial charge in [0.05, 0.1) is 12.2 Å². The van der Waals surface area contributed by atoms with Crippen molar-refractivity contribution in [1.82, 2.24) is 5.32 Å². The number of rotatable bonds is 10. The van der Waals surface area contributed by atoms with Crippen molar-refractivity contribution < 1.29 is 19.1 Å². The molecule has 2 aromatic carbocycles. The molecule has 1 aliphatic rings. The Morgan fingerprint density at radius 1 is 1.03 bits per heavy atom. The predicted octanol–water partition coefficient (Wildman–Crippen LogP) is 3.72. The van der Waals surface area contributed by atoms with Crippen molar-refractivity contribution in [2.45, 2.75) is 45.1 Å². The van der Waals surface area contributed by atoms with Gasteiger partial charge in [0, 0.05) is 18.0 Å². The molecular formula is C24H28N2O4. The van der Waals surface area contributed by atoms with E-state index in [9.17, 15) is 14.4 Å². The van der Waals surface area contributed by atoms with Gasteiger partial charge in [-0.1, -0.05) is 43.7 Å². The molecule has 2 N–H and O–H groups in total. The van der Waals surface area contributed by atoms with Crippen LogP contribution in [-0.4, -0.2) is 30.4 Å². The minimum Gasteiger partial charge on any atom is -0.462 e. The minimum atomic E-state index is -0.667. The molecule has 30 heavy (non-hydrogen) atoms. The molecule has 1 atom stereocenters. The van der Waals surface area contributed by atoms with Gasteiger partial charge in [-0.05, 0) is 49.1 Å². The van der Waals surface area contributed by atoms with Gasteiger partial charge >= 0.3 is 5.97 Å². The molecule has 158 valence electrons. The van der Waals surface area contributed by atoms with Gasteiger partial charge in [-0.25, -0.2) is 4.79 Å². The van der Waals surface area contributed by atoms with Crippen LogP contribution in [0.15, 0.2) is 54.6 Å². The summed E-state index contributed by atoms with van der Waals surface area (Å²) in [7, 11) is 0. The summed E-state index contributed by atoms with van der Waals surface area (Å²) in [6.45, 7) is 2.43. The zero-order valence-corrected chi connectivity index (χ0v) is 17.2. The molecule has 0 aromatic heterocycles. The van der Waals surface area contributed by atoms with Gasteiger partial charge in [-0.2, -0.15) is 0 Å². The Hall–Kier alpha value is -3.15. The van der Waals surface area contributed by atoms with E-state index in [-0.39, 0.29) is 23.7 Å². The van der Waals surface area contributed by atoms with Crippen LogP contribution in [0.1, 0.15) is 48.5 Å². The SMILES string of the molecule is CCCCOC(=O)c1ccc(NC(=O)C(Cc2ccccc2)NC(=O)C2CC2)cc1. The van der Waals surface area contributed by atoms with Crippen molar-refractivity contribution >= 4 is 23.5 Å². The van der Waals surface area contributed by atoms with E-state index in [1.165, 1.54) is 0 Å². The maximum absolute atomic E-state index is 12.9. The Labute approximate surface area is 177 Å². The van der Waals surface area contributed by atoms with Crippen molar-refractivity contribution in [2.75, 3.05) is 11.9 Å². The number of unbranched alkanes of at least 4 members (excludes halogenated alkanes) is 1. The van der Waals surface area contributed by atoms with E-state index in [4.69, 9.17) is 4.74 Å². The number of benzene rings is 2. The Morgan fingerprint density at radius 2 is 1.73 bits per heavy atom. The van der Waals surface area contributed by atoms with Crippen LogP contribution in [0.25, 0.3) is 0 Å². The summed E-state index contributed by atoms with van der Waals surface area (Å²) < 4.78 is 5.19. The van der Waals surface area contributed by atoms with Crippen molar-refractivity contribution in [3.05, 3.63) is 65.7 Å². The normalized spacial score (nSPS) is 13.9. The third-order valence-electron chi connectivity index (χ3n) is 4.98. The quantitative estimate of drug-likeness (QED) is 0.464. The summed E-state index contributed by atoms with van der Waals surface area (Å²) in [4.78, 5) is 37.1. The first-order valence-corrected chi connectivity index (χ1v) is 10.5. The average molecular weight is 408 g/mol. The van der Waals surface area contributed by atoms with Gasteiger partial charge in [0.1, 0.15) is 6.04 Å². The summed E-state index contributed by atoms with van der Waals surface area (Å²) in [6, 6.07) is 15.5. The average Bonchev–Trinajstić information content (AvgIpc) is 3.60. The first-order chi connectivity index (χ1) is 14.6. The fourth-order valence-electron chi connectivity index (χ4n) is 3.01. The molecule has 1 saturated carbocycles. The van der Waals surface area contributed by atoms with Gasteiger partial charge in [0.25, 0.3) is 0 Å². The van der Waals surface area contributed by atoms with Crippen molar-refractivity contribution in [3.63, 3.8) is 0 Å². The number of amides is 2. The molecule has 6 heteroatoms. The molecule has 3 rings (SSSR count). The van der Waals surface area contributed by atoms with E-state index in [1.807, 2.05) is 37.3 Å². The van der Waals surface area contributed by atoms with Crippen LogP contribution in [-0.2, 0) is 20.7 Å². The van der Waals surface area contributed by atoms with E-state index in [2.05, 4.69) is 10.6 Å². The first-order valence-electron chi connectivity index (χ1n) is 10.5. The van der Waals surface area contributed by atoms with Gasteiger partial charge in [0.15, 0.2) is 0 Å². The number of carbonyl (C=O) groups is 3. The van der Waals surface area contributed by atoms with Crippen molar-refractivity contribution in [3.8, 4) is 0 Å². The van der Waals surface area contributed by atoms with Gasteiger partial charge < -0.3 is 15.4 Å². The summed E-state index contributed by atoms with van der Waals surface area (Å²) in [5, 5.41) is 5.72. The lowest BCUT2D eigenvalue weighted by Gasteiger charge is -2.19. The van der Waals surface area contributed by atoms with Crippen LogP contribution >= 0.6 is 0 Å². The number of esters is 1. The van der Waals surface area contributed by atoms with E-state index in [0.717, 1.165) is 31.2 Å². The summed E-state index contributed by atoms with van der Waals surface area (Å²) in [6.07, 6.45) is 3.95. The van der Waals surface area contributed by atoms with E-state index in [1.54, 1.807) is 24.3 Å². The molecule has 1 aliphatic carbocycles. The third kappa shape index (κ3) is 6.44. The zero-order valence-electron chi connectivity index (χ0n) is 17.2. The molecule has 6 nitrogen and oxygen atoms in total. The second-order valence-corrected chi connectivity index (χ2v) is 7.58. The molecule has 0 aliphatic heterocycles. The Kier molecular flexibility index (Phi) is 7.60.